The number of aliphatic hydroxyl groups is 3. The zero-order valence-corrected chi connectivity index (χ0v) is 23.8. The van der Waals surface area contributed by atoms with Crippen LogP contribution in [0.2, 0.25) is 0 Å². The summed E-state index contributed by atoms with van der Waals surface area (Å²) < 4.78 is 5.86. The van der Waals surface area contributed by atoms with E-state index in [0.717, 1.165) is 24.8 Å². The number of aliphatic hydroxyl groups excluding tert-OH is 2. The average molecular weight is 551 g/mol. The highest BCUT2D eigenvalue weighted by atomic mass is 16.5. The monoisotopic (exact) mass is 550 g/mol. The fraction of sp³-hybridized carbons (Fsp3) is 0.800. The average Bonchev–Trinajstić information content (AvgIpc) is 3.14. The molecule has 0 bridgehead atoms. The standard InChI is InChI=1S/C25H36O7.C5H10O2/c1-4-5-21(30)32-20-11-15(27)10-14-6-7-16-17-8-9-25(31,19(29)13-26)23(17,2)12-18(28)22(16)24(14,20)3;1-2-3-4-5(6)7/h10,16-18,20,22,26,28,31H,4-9,11-13H2,1-3H3;2-4H2,1H3,(H,6,7)/t16-,17-,18-,20?,22+,23-,24+,25-;/m0./s1. The normalized spacial score (nSPS) is 38.8. The van der Waals surface area contributed by atoms with Gasteiger partial charge in [-0.2, -0.15) is 0 Å². The molecule has 9 nitrogen and oxygen atoms in total. The zero-order valence-electron chi connectivity index (χ0n) is 23.8. The number of ether oxygens (including phenoxy) is 1. The number of ketones is 2. The summed E-state index contributed by atoms with van der Waals surface area (Å²) in [6, 6.07) is 0. The number of Topliss-reactive ketones (excluding diaryl/α,β-unsaturated/α-hetero) is 1. The molecule has 0 radical (unpaired) electrons. The lowest BCUT2D eigenvalue weighted by Gasteiger charge is -2.61. The second-order valence-electron chi connectivity index (χ2n) is 12.4. The number of carbonyl (C=O) groups excluding carboxylic acids is 3. The van der Waals surface area contributed by atoms with Gasteiger partial charge >= 0.3 is 11.9 Å². The smallest absolute Gasteiger partial charge is 0.306 e. The summed E-state index contributed by atoms with van der Waals surface area (Å²) in [7, 11) is 0. The Morgan fingerprint density at radius 1 is 1.10 bits per heavy atom. The number of unbranched alkanes of at least 4 members (excludes halogenated alkanes) is 1. The van der Waals surface area contributed by atoms with Gasteiger partial charge in [0.05, 0.1) is 6.10 Å². The van der Waals surface area contributed by atoms with Crippen molar-refractivity contribution in [3.63, 3.8) is 0 Å². The van der Waals surface area contributed by atoms with Crippen molar-refractivity contribution in [2.75, 3.05) is 6.61 Å². The molecule has 0 saturated heterocycles. The lowest BCUT2D eigenvalue weighted by atomic mass is 9.44. The molecule has 3 saturated carbocycles. The molecule has 4 aliphatic carbocycles. The van der Waals surface area contributed by atoms with Crippen LogP contribution in [0.15, 0.2) is 11.6 Å². The van der Waals surface area contributed by atoms with Crippen molar-refractivity contribution in [2.24, 2.45) is 28.6 Å². The lowest BCUT2D eigenvalue weighted by molar-refractivity contribution is -0.197. The summed E-state index contributed by atoms with van der Waals surface area (Å²) in [5.41, 5.74) is -2.20. The fourth-order valence-corrected chi connectivity index (χ4v) is 8.21. The molecular formula is C30H46O9. The van der Waals surface area contributed by atoms with Gasteiger partial charge in [-0.25, -0.2) is 0 Å². The van der Waals surface area contributed by atoms with E-state index in [1.165, 1.54) is 0 Å². The third kappa shape index (κ3) is 5.59. The molecule has 4 aliphatic rings. The minimum absolute atomic E-state index is 0.000559. The van der Waals surface area contributed by atoms with Crippen LogP contribution >= 0.6 is 0 Å². The van der Waals surface area contributed by atoms with Gasteiger partial charge in [0.2, 0.25) is 0 Å². The van der Waals surface area contributed by atoms with Crippen molar-refractivity contribution in [1.29, 1.82) is 0 Å². The Kier molecular flexibility index (Phi) is 9.82. The second-order valence-corrected chi connectivity index (χ2v) is 12.4. The summed E-state index contributed by atoms with van der Waals surface area (Å²) in [5, 5.41) is 40.4. The summed E-state index contributed by atoms with van der Waals surface area (Å²) in [6.07, 6.45) is 5.92. The molecule has 0 aromatic carbocycles. The first-order chi connectivity index (χ1) is 18.3. The molecule has 0 heterocycles. The highest BCUT2D eigenvalue weighted by Crippen LogP contribution is 2.67. The Morgan fingerprint density at radius 2 is 1.79 bits per heavy atom. The van der Waals surface area contributed by atoms with Crippen LogP contribution in [-0.2, 0) is 23.9 Å². The maximum absolute atomic E-state index is 12.5. The molecule has 220 valence electrons. The van der Waals surface area contributed by atoms with Crippen molar-refractivity contribution in [3.05, 3.63) is 11.6 Å². The number of carboxylic acid groups (broad SMARTS) is 1. The first kappa shape index (κ1) is 31.4. The van der Waals surface area contributed by atoms with Gasteiger partial charge in [0, 0.05) is 36.0 Å². The highest BCUT2D eigenvalue weighted by Gasteiger charge is 2.69. The molecule has 8 atom stereocenters. The number of fused-ring (bicyclic) bond motifs is 5. The van der Waals surface area contributed by atoms with Gasteiger partial charge in [-0.05, 0) is 62.9 Å². The Bertz CT molecular complexity index is 989. The third-order valence-electron chi connectivity index (χ3n) is 10.2. The van der Waals surface area contributed by atoms with Gasteiger partial charge in [0.25, 0.3) is 0 Å². The molecule has 4 rings (SSSR count). The molecule has 1 unspecified atom stereocenters. The number of hydrogen-bond acceptors (Lipinski definition) is 8. The van der Waals surface area contributed by atoms with Gasteiger partial charge in [-0.3, -0.25) is 19.2 Å². The summed E-state index contributed by atoms with van der Waals surface area (Å²) in [5.74, 6) is -1.86. The quantitative estimate of drug-likeness (QED) is 0.332. The minimum Gasteiger partial charge on any atom is -0.481 e. The van der Waals surface area contributed by atoms with Crippen molar-refractivity contribution in [2.45, 2.75) is 116 Å². The van der Waals surface area contributed by atoms with Crippen LogP contribution in [0.5, 0.6) is 0 Å². The van der Waals surface area contributed by atoms with Gasteiger partial charge in [-0.15, -0.1) is 0 Å². The number of aliphatic carboxylic acids is 1. The lowest BCUT2D eigenvalue weighted by Crippen LogP contribution is -2.64. The van der Waals surface area contributed by atoms with Crippen molar-refractivity contribution in [1.82, 2.24) is 0 Å². The number of carboxylic acids is 1. The summed E-state index contributed by atoms with van der Waals surface area (Å²) >= 11 is 0. The van der Waals surface area contributed by atoms with Crippen molar-refractivity contribution < 1.29 is 44.3 Å². The third-order valence-corrected chi connectivity index (χ3v) is 10.2. The maximum atomic E-state index is 12.5. The van der Waals surface area contributed by atoms with Crippen LogP contribution in [-0.4, -0.2) is 68.3 Å². The van der Waals surface area contributed by atoms with Crippen molar-refractivity contribution in [3.8, 4) is 0 Å². The van der Waals surface area contributed by atoms with E-state index >= 15 is 0 Å². The van der Waals surface area contributed by atoms with E-state index in [2.05, 4.69) is 0 Å². The molecule has 39 heavy (non-hydrogen) atoms. The van der Waals surface area contributed by atoms with Gasteiger partial charge in [-0.1, -0.05) is 39.7 Å². The molecular weight excluding hydrogens is 504 g/mol. The molecule has 0 spiro atoms. The van der Waals surface area contributed by atoms with Gasteiger partial charge in [0.1, 0.15) is 18.3 Å². The van der Waals surface area contributed by atoms with E-state index in [1.807, 2.05) is 27.7 Å². The zero-order chi connectivity index (χ0) is 29.2. The Balaban J connectivity index is 0.000000532. The topological polar surface area (TPSA) is 158 Å². The molecule has 0 aromatic heterocycles. The summed E-state index contributed by atoms with van der Waals surface area (Å²) in [4.78, 5) is 47.1. The highest BCUT2D eigenvalue weighted by molar-refractivity contribution is 5.92. The largest absolute Gasteiger partial charge is 0.481 e. The minimum atomic E-state index is -1.65. The second kappa shape index (κ2) is 12.2. The maximum Gasteiger partial charge on any atom is 0.306 e. The predicted octanol–water partition coefficient (Wildman–Crippen LogP) is 3.36. The first-order valence-electron chi connectivity index (χ1n) is 14.5. The van der Waals surface area contributed by atoms with Gasteiger partial charge in [0.15, 0.2) is 11.6 Å². The molecule has 9 heteroatoms. The van der Waals surface area contributed by atoms with E-state index in [9.17, 15) is 34.5 Å². The van der Waals surface area contributed by atoms with Crippen LogP contribution in [0, 0.1) is 28.6 Å². The Hall–Kier alpha value is -2.10. The number of carbonyl (C=O) groups is 4. The molecule has 0 aromatic rings. The number of rotatable bonds is 8. The van der Waals surface area contributed by atoms with E-state index in [-0.39, 0.29) is 55.2 Å². The molecule has 4 N–H and O–H groups in total. The SMILES string of the molecule is CCCC(=O)OC1CC(=O)C=C2CC[C@@H]3[C@H]([C@@H](O)C[C@@]4(C)[C@H]3CC[C@]4(O)C(=O)CO)[C@]21C.CCCCC(=O)O. The number of hydrogen-bond donors (Lipinski definition) is 4. The van der Waals surface area contributed by atoms with Crippen LogP contribution < -0.4 is 0 Å². The first-order valence-corrected chi connectivity index (χ1v) is 14.5. The van der Waals surface area contributed by atoms with E-state index < -0.39 is 47.0 Å². The Morgan fingerprint density at radius 3 is 2.36 bits per heavy atom. The van der Waals surface area contributed by atoms with E-state index in [1.54, 1.807) is 6.08 Å². The van der Waals surface area contributed by atoms with Crippen LogP contribution in [0.1, 0.15) is 98.3 Å². The molecule has 0 amide bonds. The fourth-order valence-electron chi connectivity index (χ4n) is 8.21. The van der Waals surface area contributed by atoms with Crippen LogP contribution in [0.3, 0.4) is 0 Å². The van der Waals surface area contributed by atoms with Crippen LogP contribution in [0.4, 0.5) is 0 Å². The summed E-state index contributed by atoms with van der Waals surface area (Å²) in [6.45, 7) is 7.04. The molecule has 0 aliphatic heterocycles. The predicted molar refractivity (Wildman–Crippen MR) is 142 cm³/mol. The van der Waals surface area contributed by atoms with E-state index in [4.69, 9.17) is 9.84 Å². The van der Waals surface area contributed by atoms with E-state index in [0.29, 0.717) is 25.7 Å². The van der Waals surface area contributed by atoms with Gasteiger partial charge < -0.3 is 25.2 Å². The Labute approximate surface area is 231 Å². The van der Waals surface area contributed by atoms with Crippen molar-refractivity contribution >= 4 is 23.5 Å². The number of esters is 1. The molecule has 3 fully saturated rings. The van der Waals surface area contributed by atoms with Crippen LogP contribution in [0.25, 0.3) is 0 Å².